The van der Waals surface area contributed by atoms with Gasteiger partial charge >= 0.3 is 0 Å². The Hall–Kier alpha value is -4.65. The van der Waals surface area contributed by atoms with Gasteiger partial charge in [-0.15, -0.1) is 0 Å². The molecule has 0 aliphatic carbocycles. The molecule has 0 saturated carbocycles. The Bertz CT molecular complexity index is 1520. The van der Waals surface area contributed by atoms with Crippen molar-refractivity contribution in [2.45, 2.75) is 13.8 Å². The van der Waals surface area contributed by atoms with E-state index >= 15 is 0 Å². The summed E-state index contributed by atoms with van der Waals surface area (Å²) in [6, 6.07) is 5.88. The standard InChI is InChI=1S/C22H17N9O/c1-11(2)22(32)27-15-3-12(6-24-9-15)13-4-16-19(30-31-20(16)26-8-13)21-28-17-10-25-7-14(5-23)18(17)29-21/h3-4,6-11H,1-2H3,(H,27,32)(H,28,29)(H,26,30,31). The number of carbonyl (C=O) groups is 1. The van der Waals surface area contributed by atoms with Crippen LogP contribution >= 0.6 is 0 Å². The van der Waals surface area contributed by atoms with Gasteiger partial charge in [0, 0.05) is 35.6 Å². The molecule has 0 saturated heterocycles. The number of nitrogens with one attached hydrogen (secondary N) is 3. The van der Waals surface area contributed by atoms with Crippen molar-refractivity contribution < 1.29 is 4.79 Å². The third-order valence-electron chi connectivity index (χ3n) is 5.02. The molecule has 0 aliphatic rings. The first kappa shape index (κ1) is 19.3. The van der Waals surface area contributed by atoms with Crippen molar-refractivity contribution >= 4 is 33.7 Å². The van der Waals surface area contributed by atoms with Crippen LogP contribution in [0.5, 0.6) is 0 Å². The topological polar surface area (TPSA) is 149 Å². The molecule has 0 aliphatic heterocycles. The van der Waals surface area contributed by atoms with Crippen LogP contribution in [0.1, 0.15) is 19.4 Å². The lowest BCUT2D eigenvalue weighted by atomic mass is 10.1. The Morgan fingerprint density at radius 2 is 1.91 bits per heavy atom. The van der Waals surface area contributed by atoms with E-state index in [1.54, 1.807) is 24.8 Å². The molecule has 5 rings (SSSR count). The van der Waals surface area contributed by atoms with E-state index in [1.807, 2.05) is 26.0 Å². The second-order valence-corrected chi connectivity index (χ2v) is 7.58. The lowest BCUT2D eigenvalue weighted by molar-refractivity contribution is -0.118. The van der Waals surface area contributed by atoms with Crippen LogP contribution in [0.2, 0.25) is 0 Å². The maximum atomic E-state index is 12.0. The molecule has 5 aromatic heterocycles. The summed E-state index contributed by atoms with van der Waals surface area (Å²) in [6.07, 6.45) is 8.13. The maximum Gasteiger partial charge on any atom is 0.226 e. The van der Waals surface area contributed by atoms with E-state index in [1.165, 1.54) is 6.20 Å². The molecule has 0 fully saturated rings. The van der Waals surface area contributed by atoms with Gasteiger partial charge in [0.15, 0.2) is 11.5 Å². The van der Waals surface area contributed by atoms with Gasteiger partial charge in [0.25, 0.3) is 0 Å². The fourth-order valence-corrected chi connectivity index (χ4v) is 3.32. The van der Waals surface area contributed by atoms with Gasteiger partial charge in [0.2, 0.25) is 5.91 Å². The number of rotatable bonds is 4. The van der Waals surface area contributed by atoms with Gasteiger partial charge in [-0.05, 0) is 12.1 Å². The Kier molecular flexibility index (Phi) is 4.56. The quantitative estimate of drug-likeness (QED) is 0.401. The van der Waals surface area contributed by atoms with E-state index < -0.39 is 0 Å². The molecule has 32 heavy (non-hydrogen) atoms. The minimum absolute atomic E-state index is 0.0780. The summed E-state index contributed by atoms with van der Waals surface area (Å²) in [5.74, 6) is 0.294. The van der Waals surface area contributed by atoms with Gasteiger partial charge in [0.05, 0.1) is 34.5 Å². The lowest BCUT2D eigenvalue weighted by Crippen LogP contribution is -2.17. The van der Waals surface area contributed by atoms with Crippen molar-refractivity contribution in [3.05, 3.63) is 48.7 Å². The number of carbonyl (C=O) groups excluding carboxylic acids is 1. The highest BCUT2D eigenvalue weighted by molar-refractivity contribution is 5.95. The number of fused-ring (bicyclic) bond motifs is 2. The van der Waals surface area contributed by atoms with E-state index in [0.717, 1.165) is 16.5 Å². The van der Waals surface area contributed by atoms with E-state index in [4.69, 9.17) is 0 Å². The number of aromatic nitrogens is 7. The van der Waals surface area contributed by atoms with Gasteiger partial charge < -0.3 is 10.3 Å². The lowest BCUT2D eigenvalue weighted by Gasteiger charge is -2.09. The SMILES string of the molecule is CC(C)C(=O)Nc1cncc(-c2cnc3[nH]nc(-c4nc5c(C#N)cncc5[nH]4)c3c2)c1. The Morgan fingerprint density at radius 3 is 2.72 bits per heavy atom. The molecule has 3 N–H and O–H groups in total. The minimum atomic E-state index is -0.134. The van der Waals surface area contributed by atoms with Crippen LogP contribution in [0.25, 0.3) is 44.7 Å². The van der Waals surface area contributed by atoms with Crippen molar-refractivity contribution in [2.24, 2.45) is 5.92 Å². The molecule has 5 heterocycles. The van der Waals surface area contributed by atoms with E-state index in [-0.39, 0.29) is 11.8 Å². The zero-order chi connectivity index (χ0) is 22.2. The highest BCUT2D eigenvalue weighted by Gasteiger charge is 2.16. The van der Waals surface area contributed by atoms with Crippen LogP contribution < -0.4 is 5.32 Å². The number of H-pyrrole nitrogens is 2. The highest BCUT2D eigenvalue weighted by atomic mass is 16.1. The zero-order valence-electron chi connectivity index (χ0n) is 17.2. The minimum Gasteiger partial charge on any atom is -0.335 e. The summed E-state index contributed by atoms with van der Waals surface area (Å²) >= 11 is 0. The van der Waals surface area contributed by atoms with Gasteiger partial charge in [-0.1, -0.05) is 13.8 Å². The molecule has 5 aromatic rings. The smallest absolute Gasteiger partial charge is 0.226 e. The molecule has 0 spiro atoms. The molecule has 0 bridgehead atoms. The Balaban J connectivity index is 1.57. The van der Waals surface area contributed by atoms with Crippen molar-refractivity contribution in [1.29, 1.82) is 5.26 Å². The second-order valence-electron chi connectivity index (χ2n) is 7.58. The van der Waals surface area contributed by atoms with Crippen molar-refractivity contribution in [1.82, 2.24) is 35.1 Å². The first-order valence-electron chi connectivity index (χ1n) is 9.88. The van der Waals surface area contributed by atoms with E-state index in [2.05, 4.69) is 46.5 Å². The average molecular weight is 423 g/mol. The van der Waals surface area contributed by atoms with Crippen LogP contribution in [0.3, 0.4) is 0 Å². The number of nitriles is 1. The van der Waals surface area contributed by atoms with Gasteiger partial charge in [-0.2, -0.15) is 10.4 Å². The molecule has 1 amide bonds. The Morgan fingerprint density at radius 1 is 1.09 bits per heavy atom. The monoisotopic (exact) mass is 423 g/mol. The number of aromatic amines is 2. The van der Waals surface area contributed by atoms with Gasteiger partial charge in [-0.25, -0.2) is 9.97 Å². The molecule has 0 radical (unpaired) electrons. The number of anilines is 1. The molecule has 10 nitrogen and oxygen atoms in total. The third kappa shape index (κ3) is 3.31. The fourth-order valence-electron chi connectivity index (χ4n) is 3.32. The predicted molar refractivity (Wildman–Crippen MR) is 118 cm³/mol. The van der Waals surface area contributed by atoms with Crippen LogP contribution in [-0.4, -0.2) is 41.0 Å². The van der Waals surface area contributed by atoms with E-state index in [9.17, 15) is 10.1 Å². The first-order valence-corrected chi connectivity index (χ1v) is 9.88. The summed E-state index contributed by atoms with van der Waals surface area (Å²) in [4.78, 5) is 32.5. The molecular formula is C22H17N9O. The number of hydrogen-bond acceptors (Lipinski definition) is 7. The van der Waals surface area contributed by atoms with Crippen molar-refractivity contribution in [3.63, 3.8) is 0 Å². The van der Waals surface area contributed by atoms with Gasteiger partial charge in [0.1, 0.15) is 17.3 Å². The summed E-state index contributed by atoms with van der Waals surface area (Å²) in [5.41, 5.74) is 4.97. The molecule has 10 heteroatoms. The normalized spacial score (nSPS) is 11.2. The largest absolute Gasteiger partial charge is 0.335 e. The first-order chi connectivity index (χ1) is 15.5. The van der Waals surface area contributed by atoms with E-state index in [0.29, 0.717) is 39.4 Å². The summed E-state index contributed by atoms with van der Waals surface area (Å²) in [7, 11) is 0. The second kappa shape index (κ2) is 7.55. The van der Waals surface area contributed by atoms with Crippen molar-refractivity contribution in [3.8, 4) is 28.7 Å². The number of amides is 1. The summed E-state index contributed by atoms with van der Waals surface area (Å²) < 4.78 is 0. The number of pyridine rings is 3. The van der Waals surface area contributed by atoms with Crippen LogP contribution in [0.15, 0.2) is 43.1 Å². The molecular weight excluding hydrogens is 406 g/mol. The fraction of sp³-hybridized carbons (Fsp3) is 0.136. The molecule has 0 atom stereocenters. The summed E-state index contributed by atoms with van der Waals surface area (Å²) in [6.45, 7) is 3.66. The van der Waals surface area contributed by atoms with Crippen LogP contribution in [0, 0.1) is 17.2 Å². The predicted octanol–water partition coefficient (Wildman–Crippen LogP) is 3.42. The maximum absolute atomic E-state index is 12.0. The molecule has 0 aromatic carbocycles. The zero-order valence-corrected chi connectivity index (χ0v) is 17.2. The van der Waals surface area contributed by atoms with Crippen LogP contribution in [0.4, 0.5) is 5.69 Å². The number of imidazole rings is 1. The highest BCUT2D eigenvalue weighted by Crippen LogP contribution is 2.30. The van der Waals surface area contributed by atoms with Gasteiger partial charge in [-0.3, -0.25) is 19.9 Å². The summed E-state index contributed by atoms with van der Waals surface area (Å²) in [5, 5.41) is 20.2. The molecule has 156 valence electrons. The number of hydrogen-bond donors (Lipinski definition) is 3. The molecule has 0 unspecified atom stereocenters. The average Bonchev–Trinajstić information content (AvgIpc) is 3.42. The van der Waals surface area contributed by atoms with Crippen LogP contribution in [-0.2, 0) is 4.79 Å². The third-order valence-corrected chi connectivity index (χ3v) is 5.02. The number of nitrogens with zero attached hydrogens (tertiary/aromatic N) is 6. The Labute approximate surface area is 181 Å². The van der Waals surface area contributed by atoms with Crippen molar-refractivity contribution in [2.75, 3.05) is 5.32 Å².